The number of thioether (sulfide) groups is 1. The Labute approximate surface area is 145 Å². The Balaban J connectivity index is 2.15. The van der Waals surface area contributed by atoms with Crippen LogP contribution in [0.1, 0.15) is 22.1 Å². The van der Waals surface area contributed by atoms with E-state index in [9.17, 15) is 4.79 Å². The molecular formula is C17H21N3O3S. The van der Waals surface area contributed by atoms with E-state index in [0.717, 1.165) is 22.6 Å². The highest BCUT2D eigenvalue weighted by Gasteiger charge is 2.32. The molecule has 0 aliphatic carbocycles. The zero-order valence-electron chi connectivity index (χ0n) is 14.5. The number of nitrogens with zero attached hydrogens (tertiary/aromatic N) is 3. The van der Waals surface area contributed by atoms with Crippen LogP contribution in [-0.2, 0) is 11.8 Å². The molecule has 0 radical (unpaired) electrons. The number of carbonyl (C=O) groups excluding carboxylic acids is 1. The van der Waals surface area contributed by atoms with Crippen molar-refractivity contribution in [3.8, 4) is 11.5 Å². The van der Waals surface area contributed by atoms with Crippen LogP contribution < -0.4 is 14.4 Å². The first-order valence-electron chi connectivity index (χ1n) is 7.61. The van der Waals surface area contributed by atoms with Crippen LogP contribution in [0.15, 0.2) is 18.2 Å². The maximum Gasteiger partial charge on any atom is 0.237 e. The molecule has 0 bridgehead atoms. The Morgan fingerprint density at radius 2 is 1.92 bits per heavy atom. The minimum absolute atomic E-state index is 0.0161. The van der Waals surface area contributed by atoms with Gasteiger partial charge in [0, 0.05) is 19.7 Å². The van der Waals surface area contributed by atoms with Crippen LogP contribution >= 0.6 is 11.8 Å². The van der Waals surface area contributed by atoms with Gasteiger partial charge in [-0.25, -0.2) is 0 Å². The van der Waals surface area contributed by atoms with Crippen LogP contribution in [0, 0.1) is 6.92 Å². The topological polar surface area (TPSA) is 56.6 Å². The Hall–Kier alpha value is -2.15. The third kappa shape index (κ3) is 2.62. The third-order valence-electron chi connectivity index (χ3n) is 4.28. The summed E-state index contributed by atoms with van der Waals surface area (Å²) in [6, 6.07) is 5.89. The standard InChI is InChI=1S/C17H21N3O3S/c1-10-15-16(11-6-7-12(22-4)13(8-11)23-5)24-9-14(21)19(2)17(15)20(3)18-10/h6-8,16H,9H2,1-5H3. The largest absolute Gasteiger partial charge is 0.493 e. The second-order valence-corrected chi connectivity index (χ2v) is 6.80. The summed E-state index contributed by atoms with van der Waals surface area (Å²) in [5.74, 6) is 2.72. The minimum Gasteiger partial charge on any atom is -0.493 e. The average molecular weight is 347 g/mol. The first-order valence-corrected chi connectivity index (χ1v) is 8.66. The Morgan fingerprint density at radius 3 is 2.58 bits per heavy atom. The van der Waals surface area contributed by atoms with Crippen molar-refractivity contribution in [1.82, 2.24) is 9.78 Å². The van der Waals surface area contributed by atoms with Crippen molar-refractivity contribution in [2.24, 2.45) is 7.05 Å². The molecule has 128 valence electrons. The minimum atomic E-state index is 0.0161. The molecule has 0 saturated heterocycles. The quantitative estimate of drug-likeness (QED) is 0.854. The Morgan fingerprint density at radius 1 is 1.21 bits per heavy atom. The van der Waals surface area contributed by atoms with E-state index < -0.39 is 0 Å². The first-order chi connectivity index (χ1) is 11.5. The van der Waals surface area contributed by atoms with Crippen molar-refractivity contribution in [2.75, 3.05) is 31.9 Å². The number of methoxy groups -OCH3 is 2. The van der Waals surface area contributed by atoms with Crippen LogP contribution in [0.25, 0.3) is 0 Å². The fraction of sp³-hybridized carbons (Fsp3) is 0.412. The number of ether oxygens (including phenoxy) is 2. The molecule has 0 N–H and O–H groups in total. The number of hydrogen-bond acceptors (Lipinski definition) is 5. The molecular weight excluding hydrogens is 326 g/mol. The second-order valence-electron chi connectivity index (χ2n) is 5.70. The molecule has 6 nitrogen and oxygen atoms in total. The fourth-order valence-corrected chi connectivity index (χ4v) is 4.38. The maximum absolute atomic E-state index is 12.4. The van der Waals surface area contributed by atoms with Crippen molar-refractivity contribution in [3.63, 3.8) is 0 Å². The van der Waals surface area contributed by atoms with E-state index in [1.54, 1.807) is 42.6 Å². The van der Waals surface area contributed by atoms with Gasteiger partial charge in [0.1, 0.15) is 5.82 Å². The number of rotatable bonds is 3. The van der Waals surface area contributed by atoms with Crippen LogP contribution in [0.3, 0.4) is 0 Å². The molecule has 24 heavy (non-hydrogen) atoms. The lowest BCUT2D eigenvalue weighted by Crippen LogP contribution is -2.29. The molecule has 1 aliphatic rings. The molecule has 0 spiro atoms. The number of aromatic nitrogens is 2. The summed E-state index contributed by atoms with van der Waals surface area (Å²) < 4.78 is 12.5. The molecule has 2 heterocycles. The van der Waals surface area contributed by atoms with Gasteiger partial charge in [-0.15, -0.1) is 11.8 Å². The molecule has 1 amide bonds. The third-order valence-corrected chi connectivity index (χ3v) is 5.53. The molecule has 1 aromatic heterocycles. The molecule has 1 aliphatic heterocycles. The molecule has 1 aromatic carbocycles. The zero-order chi connectivity index (χ0) is 17.4. The number of carbonyl (C=O) groups is 1. The van der Waals surface area contributed by atoms with Crippen LogP contribution in [0.2, 0.25) is 0 Å². The van der Waals surface area contributed by atoms with Gasteiger partial charge in [0.25, 0.3) is 0 Å². The van der Waals surface area contributed by atoms with E-state index in [1.807, 2.05) is 32.2 Å². The Bertz CT molecular complexity index is 788. The van der Waals surface area contributed by atoms with Gasteiger partial charge < -0.3 is 9.47 Å². The first kappa shape index (κ1) is 16.7. The van der Waals surface area contributed by atoms with Gasteiger partial charge >= 0.3 is 0 Å². The lowest BCUT2D eigenvalue weighted by Gasteiger charge is -2.18. The summed E-state index contributed by atoms with van der Waals surface area (Å²) in [5.41, 5.74) is 3.07. The number of fused-ring (bicyclic) bond motifs is 1. The molecule has 7 heteroatoms. The number of benzene rings is 1. The van der Waals surface area contributed by atoms with E-state index in [1.165, 1.54) is 0 Å². The van der Waals surface area contributed by atoms with Crippen molar-refractivity contribution in [3.05, 3.63) is 35.0 Å². The second kappa shape index (κ2) is 6.39. The van der Waals surface area contributed by atoms with Gasteiger partial charge in [0.2, 0.25) is 5.91 Å². The van der Waals surface area contributed by atoms with Gasteiger partial charge in [0.05, 0.1) is 30.9 Å². The summed E-state index contributed by atoms with van der Waals surface area (Å²) in [4.78, 5) is 14.1. The average Bonchev–Trinajstić information content (AvgIpc) is 2.79. The summed E-state index contributed by atoms with van der Waals surface area (Å²) >= 11 is 1.61. The van der Waals surface area contributed by atoms with Crippen LogP contribution in [0.4, 0.5) is 5.82 Å². The van der Waals surface area contributed by atoms with Crippen molar-refractivity contribution in [1.29, 1.82) is 0 Å². The number of amides is 1. The van der Waals surface area contributed by atoms with Gasteiger partial charge in [-0.2, -0.15) is 5.10 Å². The summed E-state index contributed by atoms with van der Waals surface area (Å²) in [6.45, 7) is 1.98. The highest BCUT2D eigenvalue weighted by molar-refractivity contribution is 8.00. The van der Waals surface area contributed by atoms with Gasteiger partial charge in [-0.1, -0.05) is 6.07 Å². The van der Waals surface area contributed by atoms with Crippen molar-refractivity contribution < 1.29 is 14.3 Å². The summed E-state index contributed by atoms with van der Waals surface area (Å²) in [7, 11) is 6.92. The summed E-state index contributed by atoms with van der Waals surface area (Å²) in [6.07, 6.45) is 0. The van der Waals surface area contributed by atoms with Gasteiger partial charge in [0.15, 0.2) is 11.5 Å². The molecule has 3 rings (SSSR count). The lowest BCUT2D eigenvalue weighted by molar-refractivity contribution is -0.115. The van der Waals surface area contributed by atoms with Crippen LogP contribution in [-0.4, -0.2) is 42.7 Å². The number of anilines is 1. The van der Waals surface area contributed by atoms with E-state index in [-0.39, 0.29) is 11.2 Å². The SMILES string of the molecule is COc1ccc(C2SCC(=O)N(C)c3c2c(C)nn3C)cc1OC. The van der Waals surface area contributed by atoms with E-state index >= 15 is 0 Å². The van der Waals surface area contributed by atoms with E-state index in [0.29, 0.717) is 17.3 Å². The highest BCUT2D eigenvalue weighted by Crippen LogP contribution is 2.45. The molecule has 1 atom stereocenters. The fourth-order valence-electron chi connectivity index (χ4n) is 3.10. The lowest BCUT2D eigenvalue weighted by atomic mass is 10.0. The molecule has 2 aromatic rings. The number of aryl methyl sites for hydroxylation is 2. The van der Waals surface area contributed by atoms with Crippen molar-refractivity contribution in [2.45, 2.75) is 12.2 Å². The highest BCUT2D eigenvalue weighted by atomic mass is 32.2. The molecule has 1 unspecified atom stereocenters. The number of hydrogen-bond donors (Lipinski definition) is 0. The molecule has 0 fully saturated rings. The smallest absolute Gasteiger partial charge is 0.237 e. The summed E-state index contributed by atoms with van der Waals surface area (Å²) in [5, 5.41) is 4.54. The van der Waals surface area contributed by atoms with E-state index in [4.69, 9.17) is 9.47 Å². The Kier molecular flexibility index (Phi) is 4.45. The maximum atomic E-state index is 12.4. The predicted molar refractivity (Wildman–Crippen MR) is 95.2 cm³/mol. The monoisotopic (exact) mass is 347 g/mol. The normalized spacial score (nSPS) is 17.5. The predicted octanol–water partition coefficient (Wildman–Crippen LogP) is 2.54. The zero-order valence-corrected chi connectivity index (χ0v) is 15.3. The van der Waals surface area contributed by atoms with E-state index in [2.05, 4.69) is 5.10 Å². The molecule has 0 saturated carbocycles. The van der Waals surface area contributed by atoms with Crippen molar-refractivity contribution >= 4 is 23.5 Å². The van der Waals surface area contributed by atoms with Crippen LogP contribution in [0.5, 0.6) is 11.5 Å². The van der Waals surface area contributed by atoms with Gasteiger partial charge in [-0.3, -0.25) is 14.4 Å². The van der Waals surface area contributed by atoms with Gasteiger partial charge in [-0.05, 0) is 24.6 Å².